The molecule has 1 heterocycles. The molecule has 23 heavy (non-hydrogen) atoms. The van der Waals surface area contributed by atoms with Gasteiger partial charge in [-0.2, -0.15) is 0 Å². The van der Waals surface area contributed by atoms with Crippen molar-refractivity contribution in [3.05, 3.63) is 52.5 Å². The minimum Gasteiger partial charge on any atom is -0.255 e. The minimum atomic E-state index is -3.62. The molecule has 0 fully saturated rings. The molecule has 0 amide bonds. The number of benzene rings is 2. The van der Waals surface area contributed by atoms with E-state index in [9.17, 15) is 8.42 Å². The number of nitrogens with zero attached hydrogens (tertiary/aromatic N) is 1. The van der Waals surface area contributed by atoms with Gasteiger partial charge in [0, 0.05) is 4.47 Å². The van der Waals surface area contributed by atoms with E-state index >= 15 is 0 Å². The summed E-state index contributed by atoms with van der Waals surface area (Å²) in [5.74, 6) is 0. The summed E-state index contributed by atoms with van der Waals surface area (Å²) in [6, 6.07) is 12.6. The van der Waals surface area contributed by atoms with Gasteiger partial charge in [0.2, 0.25) is 0 Å². The van der Waals surface area contributed by atoms with Crippen molar-refractivity contribution in [1.82, 2.24) is 4.98 Å². The number of fused-ring (bicyclic) bond motifs is 1. The lowest BCUT2D eigenvalue weighted by Crippen LogP contribution is -2.12. The Bertz CT molecular complexity index is 934. The fourth-order valence-electron chi connectivity index (χ4n) is 2.24. The highest BCUT2D eigenvalue weighted by Gasteiger charge is 2.16. The third-order valence-electron chi connectivity index (χ3n) is 3.34. The van der Waals surface area contributed by atoms with Gasteiger partial charge < -0.3 is 0 Å². The number of aromatic nitrogens is 1. The van der Waals surface area contributed by atoms with E-state index in [4.69, 9.17) is 0 Å². The normalized spacial score (nSPS) is 11.7. The second kappa shape index (κ2) is 6.59. The summed E-state index contributed by atoms with van der Waals surface area (Å²) in [5.41, 5.74) is 1.91. The zero-order valence-corrected chi connectivity index (χ0v) is 15.6. The van der Waals surface area contributed by atoms with Crippen molar-refractivity contribution in [3.8, 4) is 0 Å². The van der Waals surface area contributed by atoms with Crippen molar-refractivity contribution in [1.29, 1.82) is 0 Å². The first-order valence-corrected chi connectivity index (χ1v) is 10.2. The first kappa shape index (κ1) is 16.4. The molecule has 4 nitrogen and oxygen atoms in total. The predicted molar refractivity (Wildman–Crippen MR) is 98.6 cm³/mol. The average Bonchev–Trinajstić information content (AvgIpc) is 2.88. The van der Waals surface area contributed by atoms with E-state index in [0.717, 1.165) is 33.1 Å². The molecule has 1 aromatic heterocycles. The van der Waals surface area contributed by atoms with Crippen molar-refractivity contribution in [2.24, 2.45) is 0 Å². The number of anilines is 1. The van der Waals surface area contributed by atoms with Crippen LogP contribution in [0.25, 0.3) is 10.2 Å². The van der Waals surface area contributed by atoms with Gasteiger partial charge in [-0.3, -0.25) is 4.72 Å². The van der Waals surface area contributed by atoms with E-state index in [2.05, 4.69) is 32.6 Å². The number of hydrogen-bond donors (Lipinski definition) is 1. The van der Waals surface area contributed by atoms with E-state index in [1.165, 1.54) is 11.3 Å². The van der Waals surface area contributed by atoms with Crippen LogP contribution >= 0.6 is 27.3 Å². The molecule has 0 aliphatic carbocycles. The molecular weight excluding hydrogens is 396 g/mol. The van der Waals surface area contributed by atoms with Crippen LogP contribution in [0, 0.1) is 0 Å². The lowest BCUT2D eigenvalue weighted by atomic mass is 10.1. The summed E-state index contributed by atoms with van der Waals surface area (Å²) in [5, 5.41) is 0.371. The molecule has 0 spiro atoms. The molecule has 1 N–H and O–H groups in total. The van der Waals surface area contributed by atoms with Crippen molar-refractivity contribution < 1.29 is 8.42 Å². The average molecular weight is 411 g/mol. The molecule has 3 rings (SSSR count). The van der Waals surface area contributed by atoms with Crippen molar-refractivity contribution in [2.75, 3.05) is 4.72 Å². The number of hydrogen-bond acceptors (Lipinski definition) is 4. The monoisotopic (exact) mass is 410 g/mol. The molecule has 0 bridgehead atoms. The third-order valence-corrected chi connectivity index (χ3v) is 6.26. The summed E-state index contributed by atoms with van der Waals surface area (Å²) >= 11 is 4.71. The Morgan fingerprint density at radius 3 is 2.61 bits per heavy atom. The highest BCUT2D eigenvalue weighted by Crippen LogP contribution is 2.29. The van der Waals surface area contributed by atoms with Crippen molar-refractivity contribution in [3.63, 3.8) is 0 Å². The Labute approximate surface area is 147 Å². The largest absolute Gasteiger partial charge is 0.263 e. The highest BCUT2D eigenvalue weighted by molar-refractivity contribution is 9.10. The van der Waals surface area contributed by atoms with Crippen LogP contribution in [0.2, 0.25) is 0 Å². The maximum absolute atomic E-state index is 12.5. The zero-order chi connectivity index (χ0) is 16.4. The fourth-order valence-corrected chi connectivity index (χ4v) is 4.89. The van der Waals surface area contributed by atoms with Gasteiger partial charge in [-0.25, -0.2) is 13.4 Å². The second-order valence-electron chi connectivity index (χ2n) is 5.13. The van der Waals surface area contributed by atoms with Crippen LogP contribution in [-0.4, -0.2) is 13.4 Å². The maximum Gasteiger partial charge on any atom is 0.263 e. The molecule has 7 heteroatoms. The molecule has 120 valence electrons. The van der Waals surface area contributed by atoms with Crippen LogP contribution in [0.5, 0.6) is 0 Å². The Kier molecular flexibility index (Phi) is 4.70. The van der Waals surface area contributed by atoms with E-state index in [1.54, 1.807) is 12.1 Å². The van der Waals surface area contributed by atoms with Crippen LogP contribution in [0.3, 0.4) is 0 Å². The topological polar surface area (TPSA) is 59.1 Å². The maximum atomic E-state index is 12.5. The molecule has 0 aliphatic heterocycles. The lowest BCUT2D eigenvalue weighted by molar-refractivity contribution is 0.601. The Hall–Kier alpha value is -1.44. The molecule has 3 aromatic rings. The molecule has 0 atom stereocenters. The Balaban J connectivity index is 1.86. The standard InChI is InChI=1S/C16H15BrN2O2S2/c1-2-3-11-4-7-13(8-5-11)23(20,21)19-16-18-14-9-6-12(17)10-15(14)22-16/h4-10H,2-3H2,1H3,(H,18,19). The molecule has 0 saturated carbocycles. The molecular formula is C16H15BrN2O2S2. The second-order valence-corrected chi connectivity index (χ2v) is 8.76. The third kappa shape index (κ3) is 3.73. The first-order valence-electron chi connectivity index (χ1n) is 7.16. The summed E-state index contributed by atoms with van der Waals surface area (Å²) in [7, 11) is -3.62. The fraction of sp³-hybridized carbons (Fsp3) is 0.188. The number of nitrogens with one attached hydrogen (secondary N) is 1. The van der Waals surface area contributed by atoms with E-state index in [1.807, 2.05) is 30.3 Å². The van der Waals surface area contributed by atoms with Gasteiger partial charge in [-0.1, -0.05) is 52.7 Å². The minimum absolute atomic E-state index is 0.248. The van der Waals surface area contributed by atoms with E-state index < -0.39 is 10.0 Å². The SMILES string of the molecule is CCCc1ccc(S(=O)(=O)Nc2nc3ccc(Br)cc3s2)cc1. The molecule has 2 aromatic carbocycles. The summed E-state index contributed by atoms with van der Waals surface area (Å²) in [4.78, 5) is 4.57. The number of sulfonamides is 1. The number of rotatable bonds is 5. The number of thiazole rings is 1. The van der Waals surface area contributed by atoms with E-state index in [0.29, 0.717) is 5.13 Å². The van der Waals surface area contributed by atoms with Crippen LogP contribution in [0.1, 0.15) is 18.9 Å². The van der Waals surface area contributed by atoms with Crippen molar-refractivity contribution in [2.45, 2.75) is 24.7 Å². The first-order chi connectivity index (χ1) is 11.0. The Morgan fingerprint density at radius 2 is 1.91 bits per heavy atom. The van der Waals surface area contributed by atoms with Gasteiger partial charge in [-0.15, -0.1) is 0 Å². The zero-order valence-electron chi connectivity index (χ0n) is 12.4. The molecule has 0 unspecified atom stereocenters. The predicted octanol–water partition coefficient (Wildman–Crippen LogP) is 4.81. The van der Waals surface area contributed by atoms with Crippen LogP contribution < -0.4 is 4.72 Å². The van der Waals surface area contributed by atoms with Crippen LogP contribution in [0.15, 0.2) is 51.8 Å². The van der Waals surface area contributed by atoms with Gasteiger partial charge in [0.25, 0.3) is 10.0 Å². The van der Waals surface area contributed by atoms with E-state index in [-0.39, 0.29) is 4.90 Å². The molecule has 0 aliphatic rings. The molecule has 0 saturated heterocycles. The number of halogens is 1. The summed E-state index contributed by atoms with van der Waals surface area (Å²) < 4.78 is 29.3. The van der Waals surface area contributed by atoms with Gasteiger partial charge in [-0.05, 0) is 42.3 Å². The van der Waals surface area contributed by atoms with Gasteiger partial charge in [0.15, 0.2) is 5.13 Å². The van der Waals surface area contributed by atoms with Gasteiger partial charge >= 0.3 is 0 Å². The lowest BCUT2D eigenvalue weighted by Gasteiger charge is -2.06. The quantitative estimate of drug-likeness (QED) is 0.656. The van der Waals surface area contributed by atoms with Crippen molar-refractivity contribution >= 4 is 52.6 Å². The van der Waals surface area contributed by atoms with Gasteiger partial charge in [0.05, 0.1) is 15.1 Å². The van der Waals surface area contributed by atoms with Gasteiger partial charge in [0.1, 0.15) is 0 Å². The van der Waals surface area contributed by atoms with Crippen LogP contribution in [-0.2, 0) is 16.4 Å². The molecule has 0 radical (unpaired) electrons. The highest BCUT2D eigenvalue weighted by atomic mass is 79.9. The Morgan fingerprint density at radius 1 is 1.17 bits per heavy atom. The smallest absolute Gasteiger partial charge is 0.255 e. The number of aryl methyl sites for hydroxylation is 1. The summed E-state index contributed by atoms with van der Waals surface area (Å²) in [6.07, 6.45) is 1.98. The summed E-state index contributed by atoms with van der Waals surface area (Å²) in [6.45, 7) is 2.09. The van der Waals surface area contributed by atoms with Crippen LogP contribution in [0.4, 0.5) is 5.13 Å².